The van der Waals surface area contributed by atoms with Crippen molar-refractivity contribution in [2.45, 2.75) is 64.8 Å². The molecule has 2 saturated heterocycles. The third-order valence-electron chi connectivity index (χ3n) is 5.52. The lowest BCUT2D eigenvalue weighted by Gasteiger charge is -2.39. The highest BCUT2D eigenvalue weighted by Gasteiger charge is 2.28. The Bertz CT molecular complexity index is 279. The second-order valence-electron chi connectivity index (χ2n) is 6.89. The van der Waals surface area contributed by atoms with Gasteiger partial charge in [-0.2, -0.15) is 0 Å². The third-order valence-corrected chi connectivity index (χ3v) is 5.52. The zero-order valence-corrected chi connectivity index (χ0v) is 13.4. The first-order chi connectivity index (χ1) is 9.74. The smallest absolute Gasteiger partial charge is 0.209 e. The highest BCUT2D eigenvalue weighted by Crippen LogP contribution is 2.27. The van der Waals surface area contributed by atoms with Crippen LogP contribution in [0.3, 0.4) is 0 Å². The number of hydrogen-bond donors (Lipinski definition) is 0. The minimum absolute atomic E-state index is 0.773. The number of hydrogen-bond acceptors (Lipinski definition) is 2. The summed E-state index contributed by atoms with van der Waals surface area (Å²) in [6, 6.07) is 1.00. The summed E-state index contributed by atoms with van der Waals surface area (Å²) in [4.78, 5) is 14.7. The molecule has 3 aliphatic rings. The molecule has 0 aromatic heterocycles. The summed E-state index contributed by atoms with van der Waals surface area (Å²) < 4.78 is 0. The van der Waals surface area contributed by atoms with E-state index in [2.05, 4.69) is 18.7 Å². The van der Waals surface area contributed by atoms with E-state index in [-0.39, 0.29) is 0 Å². The van der Waals surface area contributed by atoms with Crippen LogP contribution in [0.4, 0.5) is 0 Å². The minimum Gasteiger partial charge on any atom is -0.345 e. The molecule has 1 atom stereocenters. The number of carbonyl (C=O) groups excluding carboxylic acids is 1. The quantitative estimate of drug-likeness (QED) is 0.739. The summed E-state index contributed by atoms with van der Waals surface area (Å²) in [5.74, 6) is 1.56. The molecule has 116 valence electrons. The van der Waals surface area contributed by atoms with E-state index in [1.807, 2.05) is 4.90 Å². The van der Waals surface area contributed by atoms with Crippen LogP contribution in [0.1, 0.15) is 58.8 Å². The van der Waals surface area contributed by atoms with Gasteiger partial charge in [0, 0.05) is 19.1 Å². The Kier molecular flexibility index (Phi) is 6.34. The van der Waals surface area contributed by atoms with Crippen molar-refractivity contribution in [1.82, 2.24) is 9.80 Å². The molecule has 3 nitrogen and oxygen atoms in total. The number of nitrogens with zero attached hydrogens (tertiary/aromatic N) is 2. The molecule has 1 unspecified atom stereocenters. The lowest BCUT2D eigenvalue weighted by Crippen LogP contribution is -2.48. The van der Waals surface area contributed by atoms with Crippen LogP contribution in [-0.4, -0.2) is 48.4 Å². The summed E-state index contributed by atoms with van der Waals surface area (Å²) in [7, 11) is 0. The Hall–Kier alpha value is -0.570. The number of rotatable bonds is 4. The van der Waals surface area contributed by atoms with Gasteiger partial charge in [0.25, 0.3) is 0 Å². The highest BCUT2D eigenvalue weighted by molar-refractivity contribution is 5.48. The highest BCUT2D eigenvalue weighted by atomic mass is 16.1. The Labute approximate surface area is 124 Å². The normalized spacial score (nSPS) is 26.0. The average molecular weight is 280 g/mol. The zero-order valence-electron chi connectivity index (χ0n) is 13.4. The summed E-state index contributed by atoms with van der Waals surface area (Å²) in [5, 5.41) is 0. The molecule has 1 aliphatic carbocycles. The molecule has 3 rings (SSSR count). The summed E-state index contributed by atoms with van der Waals surface area (Å²) in [5.41, 5.74) is 0. The van der Waals surface area contributed by atoms with Gasteiger partial charge in [0.1, 0.15) is 0 Å². The van der Waals surface area contributed by atoms with Gasteiger partial charge in [-0.1, -0.05) is 33.1 Å². The predicted octanol–water partition coefficient (Wildman–Crippen LogP) is 3.15. The molecule has 0 aromatic rings. The summed E-state index contributed by atoms with van der Waals surface area (Å²) in [6.45, 7) is 9.22. The Balaban J connectivity index is 0.000000147. The molecule has 1 amide bonds. The van der Waals surface area contributed by atoms with E-state index in [1.165, 1.54) is 58.0 Å². The van der Waals surface area contributed by atoms with Gasteiger partial charge in [-0.15, -0.1) is 0 Å². The fourth-order valence-electron chi connectivity index (χ4n) is 3.36. The number of piperidine rings is 1. The van der Waals surface area contributed by atoms with Crippen LogP contribution in [0.2, 0.25) is 0 Å². The molecule has 3 heteroatoms. The van der Waals surface area contributed by atoms with Crippen LogP contribution in [0, 0.1) is 11.8 Å². The molecule has 3 fully saturated rings. The molecule has 0 bridgehead atoms. The van der Waals surface area contributed by atoms with Gasteiger partial charge in [0.05, 0.1) is 0 Å². The number of carbonyl (C=O) groups is 1. The van der Waals surface area contributed by atoms with Crippen molar-refractivity contribution in [3.63, 3.8) is 0 Å². The summed E-state index contributed by atoms with van der Waals surface area (Å²) >= 11 is 0. The fourth-order valence-corrected chi connectivity index (χ4v) is 3.36. The first-order valence-electron chi connectivity index (χ1n) is 8.68. The zero-order chi connectivity index (χ0) is 14.4. The van der Waals surface area contributed by atoms with E-state index in [4.69, 9.17) is 0 Å². The molecule has 1 saturated carbocycles. The molecular weight excluding hydrogens is 248 g/mol. The second kappa shape index (κ2) is 8.02. The van der Waals surface area contributed by atoms with Gasteiger partial charge in [0.2, 0.25) is 6.41 Å². The monoisotopic (exact) mass is 280 g/mol. The van der Waals surface area contributed by atoms with Crippen LogP contribution < -0.4 is 0 Å². The standard InChI is InChI=1S/C9H17N.C8H15NO/c1-2-7-10(8-3-1)9-5-4-6-9;1-3-7(2)8-4-9(5-8)6-10/h9H,1-8H2;6-8H,3-5H2,1-2H3. The van der Waals surface area contributed by atoms with Crippen LogP contribution in [0.5, 0.6) is 0 Å². The Morgan fingerprint density at radius 1 is 1.10 bits per heavy atom. The van der Waals surface area contributed by atoms with Gasteiger partial charge in [-0.05, 0) is 50.6 Å². The van der Waals surface area contributed by atoms with Gasteiger partial charge < -0.3 is 9.80 Å². The average Bonchev–Trinajstić information content (AvgIpc) is 2.37. The van der Waals surface area contributed by atoms with E-state index in [0.717, 1.165) is 37.4 Å². The van der Waals surface area contributed by atoms with E-state index < -0.39 is 0 Å². The molecule has 2 aliphatic heterocycles. The van der Waals surface area contributed by atoms with Gasteiger partial charge in [-0.3, -0.25) is 4.79 Å². The van der Waals surface area contributed by atoms with E-state index in [1.54, 1.807) is 0 Å². The van der Waals surface area contributed by atoms with Crippen molar-refractivity contribution < 1.29 is 4.79 Å². The van der Waals surface area contributed by atoms with E-state index >= 15 is 0 Å². The Morgan fingerprint density at radius 2 is 1.75 bits per heavy atom. The topological polar surface area (TPSA) is 23.6 Å². The van der Waals surface area contributed by atoms with Crippen molar-refractivity contribution in [3.05, 3.63) is 0 Å². The van der Waals surface area contributed by atoms with Gasteiger partial charge in [0.15, 0.2) is 0 Å². The Morgan fingerprint density at radius 3 is 2.20 bits per heavy atom. The maximum absolute atomic E-state index is 10.2. The number of amides is 1. The number of likely N-dealkylation sites (tertiary alicyclic amines) is 2. The molecule has 0 spiro atoms. The molecule has 2 heterocycles. The molecular formula is C17H32N2O. The van der Waals surface area contributed by atoms with Crippen molar-refractivity contribution >= 4 is 6.41 Å². The summed E-state index contributed by atoms with van der Waals surface area (Å²) in [6.07, 6.45) is 11.0. The van der Waals surface area contributed by atoms with Crippen molar-refractivity contribution in [2.24, 2.45) is 11.8 Å². The first-order valence-corrected chi connectivity index (χ1v) is 8.68. The van der Waals surface area contributed by atoms with Crippen LogP contribution in [0.15, 0.2) is 0 Å². The van der Waals surface area contributed by atoms with E-state index in [9.17, 15) is 4.79 Å². The maximum atomic E-state index is 10.2. The molecule has 0 N–H and O–H groups in total. The second-order valence-corrected chi connectivity index (χ2v) is 6.89. The SMILES string of the molecule is C1CCN(C2CCC2)CC1.CCC(C)C1CN(C=O)C1. The third kappa shape index (κ3) is 4.21. The molecule has 0 aromatic carbocycles. The van der Waals surface area contributed by atoms with Crippen molar-refractivity contribution in [1.29, 1.82) is 0 Å². The van der Waals surface area contributed by atoms with Crippen LogP contribution in [-0.2, 0) is 4.79 Å². The predicted molar refractivity (Wildman–Crippen MR) is 83.6 cm³/mol. The maximum Gasteiger partial charge on any atom is 0.209 e. The molecule has 0 radical (unpaired) electrons. The first kappa shape index (κ1) is 15.8. The van der Waals surface area contributed by atoms with Crippen LogP contribution in [0.25, 0.3) is 0 Å². The lowest BCUT2D eigenvalue weighted by atomic mass is 9.86. The van der Waals surface area contributed by atoms with Crippen molar-refractivity contribution in [2.75, 3.05) is 26.2 Å². The van der Waals surface area contributed by atoms with Crippen LogP contribution >= 0.6 is 0 Å². The lowest BCUT2D eigenvalue weighted by molar-refractivity contribution is -0.124. The fraction of sp³-hybridized carbons (Fsp3) is 0.941. The molecule has 20 heavy (non-hydrogen) atoms. The minimum atomic E-state index is 0.773. The van der Waals surface area contributed by atoms with Gasteiger partial charge >= 0.3 is 0 Å². The van der Waals surface area contributed by atoms with Crippen molar-refractivity contribution in [3.8, 4) is 0 Å². The van der Waals surface area contributed by atoms with Gasteiger partial charge in [-0.25, -0.2) is 0 Å². The van der Waals surface area contributed by atoms with E-state index in [0.29, 0.717) is 0 Å². The largest absolute Gasteiger partial charge is 0.345 e.